The molecule has 0 saturated heterocycles. The van der Waals surface area contributed by atoms with Crippen LogP contribution in [-0.4, -0.2) is 24.4 Å². The number of halogens is 1. The third-order valence-electron chi connectivity index (χ3n) is 2.86. The summed E-state index contributed by atoms with van der Waals surface area (Å²) in [4.78, 5) is 15.0. The maximum absolute atomic E-state index is 11.8. The molecule has 114 valence electrons. The summed E-state index contributed by atoms with van der Waals surface area (Å²) in [5.74, 6) is 0.0322. The highest BCUT2D eigenvalue weighted by Crippen LogP contribution is 2.09. The number of carbonyl (C=O) groups is 1. The fourth-order valence-corrected chi connectivity index (χ4v) is 2.60. The van der Waals surface area contributed by atoms with E-state index in [0.29, 0.717) is 19.6 Å². The van der Waals surface area contributed by atoms with Gasteiger partial charge in [-0.2, -0.15) is 0 Å². The van der Waals surface area contributed by atoms with Crippen molar-refractivity contribution in [1.82, 2.24) is 10.2 Å². The van der Waals surface area contributed by atoms with Gasteiger partial charge in [0.05, 0.1) is 13.1 Å². The van der Waals surface area contributed by atoms with E-state index in [0.717, 1.165) is 16.1 Å². The molecule has 0 aliphatic carbocycles. The van der Waals surface area contributed by atoms with Crippen LogP contribution in [0.3, 0.4) is 0 Å². The Morgan fingerprint density at radius 1 is 1.33 bits per heavy atom. The van der Waals surface area contributed by atoms with Gasteiger partial charge in [-0.05, 0) is 36.2 Å². The highest BCUT2D eigenvalue weighted by Gasteiger charge is 2.07. The SMILES string of the molecule is CN(CC(=O)NCc1cccs1)Cc1cccc(N)c1.Cl. The Bertz CT molecular complexity index is 560. The summed E-state index contributed by atoms with van der Waals surface area (Å²) in [5, 5.41) is 4.93. The molecule has 0 radical (unpaired) electrons. The van der Waals surface area contributed by atoms with E-state index in [2.05, 4.69) is 5.32 Å². The molecule has 1 aromatic heterocycles. The number of anilines is 1. The normalized spacial score (nSPS) is 10.2. The number of carbonyl (C=O) groups excluding carboxylic acids is 1. The van der Waals surface area contributed by atoms with Crippen molar-refractivity contribution in [2.45, 2.75) is 13.1 Å². The van der Waals surface area contributed by atoms with E-state index in [1.807, 2.05) is 53.7 Å². The van der Waals surface area contributed by atoms with Crippen molar-refractivity contribution in [1.29, 1.82) is 0 Å². The zero-order valence-corrected chi connectivity index (χ0v) is 13.5. The maximum atomic E-state index is 11.8. The summed E-state index contributed by atoms with van der Waals surface area (Å²) in [5.41, 5.74) is 7.60. The van der Waals surface area contributed by atoms with Gasteiger partial charge in [0.25, 0.3) is 0 Å². The number of nitrogen functional groups attached to an aromatic ring is 1. The lowest BCUT2D eigenvalue weighted by Crippen LogP contribution is -2.34. The van der Waals surface area contributed by atoms with Crippen molar-refractivity contribution < 1.29 is 4.79 Å². The predicted molar refractivity (Wildman–Crippen MR) is 90.6 cm³/mol. The minimum Gasteiger partial charge on any atom is -0.399 e. The smallest absolute Gasteiger partial charge is 0.234 e. The third kappa shape index (κ3) is 6.16. The van der Waals surface area contributed by atoms with Gasteiger partial charge >= 0.3 is 0 Å². The Hall–Kier alpha value is -1.56. The average Bonchev–Trinajstić information content (AvgIpc) is 2.89. The van der Waals surface area contributed by atoms with Gasteiger partial charge in [0.1, 0.15) is 0 Å². The van der Waals surface area contributed by atoms with Gasteiger partial charge in [-0.1, -0.05) is 18.2 Å². The molecule has 1 amide bonds. The standard InChI is InChI=1S/C15H19N3OS.ClH/c1-18(10-12-4-2-5-13(16)8-12)11-15(19)17-9-14-6-3-7-20-14;/h2-8H,9-11,16H2,1H3,(H,17,19);1H. The molecular formula is C15H20ClN3OS. The fourth-order valence-electron chi connectivity index (χ4n) is 1.96. The quantitative estimate of drug-likeness (QED) is 0.802. The van der Waals surface area contributed by atoms with E-state index in [1.165, 1.54) is 0 Å². The molecule has 1 heterocycles. The van der Waals surface area contributed by atoms with Crippen LogP contribution in [0.5, 0.6) is 0 Å². The van der Waals surface area contributed by atoms with Crippen molar-refractivity contribution in [3.05, 3.63) is 52.2 Å². The summed E-state index contributed by atoms with van der Waals surface area (Å²) >= 11 is 1.65. The van der Waals surface area contributed by atoms with E-state index < -0.39 is 0 Å². The maximum Gasteiger partial charge on any atom is 0.234 e. The molecule has 6 heteroatoms. The first-order valence-electron chi connectivity index (χ1n) is 6.45. The summed E-state index contributed by atoms with van der Waals surface area (Å²) in [6.45, 7) is 1.68. The third-order valence-corrected chi connectivity index (χ3v) is 3.73. The molecule has 0 atom stereocenters. The number of rotatable bonds is 6. The van der Waals surface area contributed by atoms with E-state index in [1.54, 1.807) is 11.3 Å². The molecule has 1 aromatic carbocycles. The molecule has 2 aromatic rings. The molecule has 0 spiro atoms. The highest BCUT2D eigenvalue weighted by atomic mass is 35.5. The van der Waals surface area contributed by atoms with Gasteiger partial charge in [0, 0.05) is 17.1 Å². The Kier molecular flexibility index (Phi) is 7.22. The van der Waals surface area contributed by atoms with E-state index in [9.17, 15) is 4.79 Å². The second-order valence-corrected chi connectivity index (χ2v) is 5.81. The number of nitrogens with zero attached hydrogens (tertiary/aromatic N) is 1. The molecule has 0 saturated carbocycles. The van der Waals surface area contributed by atoms with E-state index in [-0.39, 0.29) is 18.3 Å². The van der Waals surface area contributed by atoms with Crippen LogP contribution in [0, 0.1) is 0 Å². The number of nitrogens with one attached hydrogen (secondary N) is 1. The van der Waals surface area contributed by atoms with Gasteiger partial charge in [-0.3, -0.25) is 9.69 Å². The molecule has 21 heavy (non-hydrogen) atoms. The van der Waals surface area contributed by atoms with Crippen molar-refractivity contribution in [3.63, 3.8) is 0 Å². The fraction of sp³-hybridized carbons (Fsp3) is 0.267. The van der Waals surface area contributed by atoms with Gasteiger partial charge < -0.3 is 11.1 Å². The Morgan fingerprint density at radius 2 is 2.14 bits per heavy atom. The van der Waals surface area contributed by atoms with Gasteiger partial charge in [-0.25, -0.2) is 0 Å². The molecule has 0 fully saturated rings. The zero-order valence-electron chi connectivity index (χ0n) is 11.9. The van der Waals surface area contributed by atoms with Crippen LogP contribution in [0.2, 0.25) is 0 Å². The highest BCUT2D eigenvalue weighted by molar-refractivity contribution is 7.09. The predicted octanol–water partition coefficient (Wildman–Crippen LogP) is 2.50. The van der Waals surface area contributed by atoms with Crippen LogP contribution in [0.25, 0.3) is 0 Å². The van der Waals surface area contributed by atoms with Crippen LogP contribution in [0.4, 0.5) is 5.69 Å². The van der Waals surface area contributed by atoms with E-state index >= 15 is 0 Å². The Balaban J connectivity index is 0.00000220. The number of hydrogen-bond acceptors (Lipinski definition) is 4. The van der Waals surface area contributed by atoms with Crippen LogP contribution >= 0.6 is 23.7 Å². The Labute approximate surface area is 135 Å². The van der Waals surface area contributed by atoms with Crippen molar-refractivity contribution >= 4 is 35.3 Å². The first-order chi connectivity index (χ1) is 9.63. The monoisotopic (exact) mass is 325 g/mol. The lowest BCUT2D eigenvalue weighted by atomic mass is 10.2. The Morgan fingerprint density at radius 3 is 2.81 bits per heavy atom. The van der Waals surface area contributed by atoms with Crippen LogP contribution in [0.1, 0.15) is 10.4 Å². The molecule has 3 N–H and O–H groups in total. The lowest BCUT2D eigenvalue weighted by molar-refractivity contribution is -0.122. The van der Waals surface area contributed by atoms with Crippen LogP contribution in [-0.2, 0) is 17.9 Å². The molecule has 0 unspecified atom stereocenters. The van der Waals surface area contributed by atoms with Crippen molar-refractivity contribution in [3.8, 4) is 0 Å². The van der Waals surface area contributed by atoms with Crippen molar-refractivity contribution in [2.75, 3.05) is 19.3 Å². The minimum absolute atomic E-state index is 0. The topological polar surface area (TPSA) is 58.4 Å². The molecule has 4 nitrogen and oxygen atoms in total. The number of likely N-dealkylation sites (N-methyl/N-ethyl adjacent to an activating group) is 1. The summed E-state index contributed by atoms with van der Waals surface area (Å²) in [7, 11) is 1.92. The summed E-state index contributed by atoms with van der Waals surface area (Å²) in [6, 6.07) is 11.7. The first-order valence-corrected chi connectivity index (χ1v) is 7.33. The number of nitrogens with two attached hydrogens (primary N) is 1. The van der Waals surface area contributed by atoms with Crippen molar-refractivity contribution in [2.24, 2.45) is 0 Å². The number of hydrogen-bond donors (Lipinski definition) is 2. The number of amides is 1. The lowest BCUT2D eigenvalue weighted by Gasteiger charge is -2.16. The summed E-state index contributed by atoms with van der Waals surface area (Å²) < 4.78 is 0. The average molecular weight is 326 g/mol. The molecule has 0 bridgehead atoms. The van der Waals surface area contributed by atoms with Gasteiger partial charge in [-0.15, -0.1) is 23.7 Å². The van der Waals surface area contributed by atoms with Crippen LogP contribution in [0.15, 0.2) is 41.8 Å². The zero-order chi connectivity index (χ0) is 14.4. The van der Waals surface area contributed by atoms with E-state index in [4.69, 9.17) is 5.73 Å². The van der Waals surface area contributed by atoms with Gasteiger partial charge in [0.2, 0.25) is 5.91 Å². The second kappa shape index (κ2) is 8.67. The summed E-state index contributed by atoms with van der Waals surface area (Å²) in [6.07, 6.45) is 0. The molecule has 0 aliphatic heterocycles. The minimum atomic E-state index is 0. The van der Waals surface area contributed by atoms with Crippen LogP contribution < -0.4 is 11.1 Å². The second-order valence-electron chi connectivity index (χ2n) is 4.77. The molecule has 2 rings (SSSR count). The molecular weight excluding hydrogens is 306 g/mol. The molecule has 0 aliphatic rings. The number of thiophene rings is 1. The van der Waals surface area contributed by atoms with Gasteiger partial charge in [0.15, 0.2) is 0 Å². The first kappa shape index (κ1) is 17.5. The number of benzene rings is 1. The largest absolute Gasteiger partial charge is 0.399 e.